The van der Waals surface area contributed by atoms with Crippen LogP contribution in [0.2, 0.25) is 0 Å². The first-order valence-corrected chi connectivity index (χ1v) is 36.0. The van der Waals surface area contributed by atoms with Crippen LogP contribution in [-0.2, 0) is 204 Å². The Kier molecular flexibility index (Phi) is 100. The average Bonchev–Trinajstić information content (AvgIpc) is 3.17. The Balaban J connectivity index is -0.0000000414. The van der Waals surface area contributed by atoms with Crippen LogP contribution in [-0.4, -0.2) is 124 Å². The molecule has 8 unspecified atom stereocenters. The Morgan fingerprint density at radius 3 is 0.326 bits per heavy atom. The van der Waals surface area contributed by atoms with E-state index in [9.17, 15) is 75.7 Å². The molecule has 520 valence electrons. The van der Waals surface area contributed by atoms with Gasteiger partial charge in [-0.05, 0) is 111 Å². The molecule has 0 aliphatic carbocycles. The third-order valence-corrected chi connectivity index (χ3v) is 32.1. The summed E-state index contributed by atoms with van der Waals surface area (Å²) in [6, 6.07) is 0. The first kappa shape index (κ1) is 140. The van der Waals surface area contributed by atoms with Crippen molar-refractivity contribution in [2.45, 2.75) is 175 Å². The van der Waals surface area contributed by atoms with Gasteiger partial charge in [-0.1, -0.05) is 92.8 Å². The minimum Gasteiger partial charge on any atom is -0.776 e. The van der Waals surface area contributed by atoms with E-state index in [1.165, 1.54) is 111 Å². The molecule has 0 rings (SSSR count). The summed E-state index contributed by atoms with van der Waals surface area (Å²) in [6.45, 7) is 22.3. The summed E-state index contributed by atoms with van der Waals surface area (Å²) in [4.78, 5) is 92.6. The summed E-state index contributed by atoms with van der Waals surface area (Å²) in [5.41, 5.74) is 0. The van der Waals surface area contributed by atoms with Gasteiger partial charge in [0.15, 0.2) is 60.8 Å². The van der Waals surface area contributed by atoms with Gasteiger partial charge in [0.05, 0.1) is 48.8 Å². The van der Waals surface area contributed by atoms with Crippen LogP contribution in [0.5, 0.6) is 0 Å². The van der Waals surface area contributed by atoms with Crippen LogP contribution >= 0.6 is 154 Å². The molecule has 0 aromatic carbocycles. The molecule has 54 heteroatoms. The number of aliphatic hydroxyl groups excluding tert-OH is 4. The van der Waals surface area contributed by atoms with Crippen molar-refractivity contribution in [2.24, 2.45) is 0 Å². The van der Waals surface area contributed by atoms with Gasteiger partial charge in [0, 0.05) is 28.4 Å². The molecule has 20 N–H and O–H groups in total. The van der Waals surface area contributed by atoms with E-state index in [2.05, 4.69) is 36.2 Å². The molecule has 0 saturated heterocycles. The first-order valence-electron chi connectivity index (χ1n) is 20.6. The Labute approximate surface area is 624 Å². The molecule has 0 bridgehead atoms. The zero-order valence-electron chi connectivity index (χ0n) is 50.9. The summed E-state index contributed by atoms with van der Waals surface area (Å²) in [7, 11) is -36.4. The molecule has 0 heterocycles. The molecule has 0 aliphatic rings. The zero-order valence-corrected chi connectivity index (χ0v) is 80.3. The fourth-order valence-corrected chi connectivity index (χ4v) is 16.6. The maximum atomic E-state index is 11.6. The summed E-state index contributed by atoms with van der Waals surface area (Å²) in [5.74, 6) is 0. The molecule has 0 aliphatic heterocycles. The van der Waals surface area contributed by atoms with Crippen LogP contribution in [0.1, 0.15) is 111 Å². The van der Waals surface area contributed by atoms with Crippen molar-refractivity contribution in [3.05, 3.63) is 0 Å². The minimum atomic E-state index is -5.05. The van der Waals surface area contributed by atoms with Gasteiger partial charge in [-0.3, -0.25) is 0 Å². The molecular formula is C32H88Cd4Cl8O34P8+4. The van der Waals surface area contributed by atoms with E-state index in [0.717, 1.165) is 28.4 Å². The quantitative estimate of drug-likeness (QED) is 0.0457. The standard InChI is InChI=1S/4C7H16Cl2O6P2.4CH4O.4Cd.6H2O/c4*1-5(2)14-16(10,11)7(8,9)17(12,13)15-6(3)4;4*1-2;;;;;;;;;;/h4*5-6H,1-4H3,(H,10,11)(H,12,13);4*2H,1H3;;;;;6*1H2/q;;;;;;;;4*+2;;;;;;/p-4. The Morgan fingerprint density at radius 1 is 0.244 bits per heavy atom. The van der Waals surface area contributed by atoms with Gasteiger partial charge >= 0.3 is 109 Å². The van der Waals surface area contributed by atoms with Crippen molar-refractivity contribution in [1.82, 2.24) is 0 Å². The minimum absolute atomic E-state index is 0. The molecule has 8 atom stereocenters. The van der Waals surface area contributed by atoms with Crippen molar-refractivity contribution in [3.63, 3.8) is 0 Å². The van der Waals surface area contributed by atoms with E-state index in [0.29, 0.717) is 0 Å². The molecule has 0 saturated carbocycles. The SMILES string of the molecule is CC(C)OP(=O)([O-])C(Cl)(Cl)P(=O)([O-])OC(C)C.CC(C)OP(=O)([O-])C(Cl)(Cl)P(=O)([O-])OC(C)C.CC(C)OP(=O)([O-])C(Cl)(Cl)P(=O)([O-])OC(C)C.CC(C)OP(=O)([O-])C(Cl)(Cl)P(=O)([O-])OC(C)C.CO.CO.CO.CO.O.O.[Cd+2].[Cd+2].[Cd+2].[Cd+2].[OH3+].[OH3+].[OH3+].[OH3+]. The predicted molar refractivity (Wildman–Crippen MR) is 308 cm³/mol. The molecule has 0 spiro atoms. The third-order valence-electron chi connectivity index (χ3n) is 5.43. The largest absolute Gasteiger partial charge is 2.00 e. The topological polar surface area (TPSA) is 671 Å². The van der Waals surface area contributed by atoms with Gasteiger partial charge in [-0.2, -0.15) is 0 Å². The summed E-state index contributed by atoms with van der Waals surface area (Å²) in [6.07, 6.45) is -6.26. The number of hydrogen-bond donors (Lipinski definition) is 4. The van der Waals surface area contributed by atoms with Gasteiger partial charge in [0.1, 0.15) is 0 Å². The third kappa shape index (κ3) is 51.9. The number of hydrogen-bond acceptors (Lipinski definition) is 28. The van der Waals surface area contributed by atoms with Gasteiger partial charge < -0.3 is 165 Å². The van der Waals surface area contributed by atoms with Crippen molar-refractivity contribution < 1.29 is 274 Å². The van der Waals surface area contributed by atoms with Crippen LogP contribution in [0, 0.1) is 0 Å². The molecule has 0 aromatic heterocycles. The zero-order chi connectivity index (χ0) is 64.3. The van der Waals surface area contributed by atoms with E-state index in [1.54, 1.807) is 0 Å². The van der Waals surface area contributed by atoms with Gasteiger partial charge in [0.25, 0.3) is 0 Å². The maximum absolute atomic E-state index is 11.6. The van der Waals surface area contributed by atoms with E-state index >= 15 is 0 Å². The van der Waals surface area contributed by atoms with Crippen molar-refractivity contribution >= 4 is 154 Å². The first-order chi connectivity index (χ1) is 33.3. The summed E-state index contributed by atoms with van der Waals surface area (Å²) < 4.78 is 116. The molecule has 34 nitrogen and oxygen atoms in total. The fourth-order valence-electron chi connectivity index (χ4n) is 3.33. The van der Waals surface area contributed by atoms with Crippen LogP contribution < -0.4 is 39.1 Å². The molecule has 86 heavy (non-hydrogen) atoms. The number of aliphatic hydroxyl groups is 4. The average molecular weight is 2000 g/mol. The molecule has 0 aromatic rings. The van der Waals surface area contributed by atoms with Gasteiger partial charge in [0.2, 0.25) is 15.3 Å². The predicted octanol–water partition coefficient (Wildman–Crippen LogP) is 1.22. The van der Waals surface area contributed by atoms with Crippen LogP contribution in [0.3, 0.4) is 0 Å². The van der Waals surface area contributed by atoms with Crippen LogP contribution in [0.15, 0.2) is 0 Å². The monoisotopic (exact) mass is 2000 g/mol. The van der Waals surface area contributed by atoms with Crippen molar-refractivity contribution in [2.75, 3.05) is 28.4 Å². The van der Waals surface area contributed by atoms with E-state index in [-0.39, 0.29) is 142 Å². The summed E-state index contributed by atoms with van der Waals surface area (Å²) >= 11 is 43.0. The molecule has 0 radical (unpaired) electrons. The summed E-state index contributed by atoms with van der Waals surface area (Å²) in [5, 5.41) is 28.0. The molecular weight excluding hydrogens is 1910 g/mol. The van der Waals surface area contributed by atoms with Crippen LogP contribution in [0.25, 0.3) is 0 Å². The fraction of sp³-hybridized carbons (Fsp3) is 1.00. The second-order valence-electron chi connectivity index (χ2n) is 15.3. The normalized spacial score (nSPS) is 16.4. The Hall–Kier alpha value is 6.81. The van der Waals surface area contributed by atoms with E-state index in [1.807, 2.05) is 0 Å². The van der Waals surface area contributed by atoms with Gasteiger partial charge in [-0.25, -0.2) is 0 Å². The van der Waals surface area contributed by atoms with Crippen molar-refractivity contribution in [3.8, 4) is 0 Å². The van der Waals surface area contributed by atoms with Crippen LogP contribution in [0.4, 0.5) is 0 Å². The number of halogens is 8. The Bertz CT molecular complexity index is 1610. The number of rotatable bonds is 24. The maximum Gasteiger partial charge on any atom is 2.00 e. The smallest absolute Gasteiger partial charge is 0.776 e. The Morgan fingerprint density at radius 2 is 0.291 bits per heavy atom. The number of alkyl halides is 8. The van der Waals surface area contributed by atoms with Gasteiger partial charge in [-0.15, -0.1) is 0 Å². The second kappa shape index (κ2) is 61.7. The molecule has 0 fully saturated rings. The van der Waals surface area contributed by atoms with Crippen molar-refractivity contribution in [1.29, 1.82) is 0 Å². The van der Waals surface area contributed by atoms with E-state index < -0.39 is 125 Å². The van der Waals surface area contributed by atoms with E-state index in [4.69, 9.17) is 113 Å². The molecule has 0 amide bonds. The second-order valence-corrected chi connectivity index (χ2v) is 41.2.